The van der Waals surface area contributed by atoms with E-state index in [4.69, 9.17) is 0 Å². The quantitative estimate of drug-likeness (QED) is 0.660. The first kappa shape index (κ1) is 20.3. The van der Waals surface area contributed by atoms with Crippen LogP contribution in [0.5, 0.6) is 0 Å². The molecule has 1 aliphatic rings. The van der Waals surface area contributed by atoms with Crippen LogP contribution in [0, 0.1) is 6.92 Å². The van der Waals surface area contributed by atoms with Crippen LogP contribution in [-0.4, -0.2) is 38.5 Å². The van der Waals surface area contributed by atoms with Gasteiger partial charge in [-0.2, -0.15) is 8.78 Å². The number of carbonyl (C=O) groups is 1. The number of pyridine rings is 1. The maximum absolute atomic E-state index is 13.9. The maximum atomic E-state index is 13.9. The first-order valence-corrected chi connectivity index (χ1v) is 10.7. The summed E-state index contributed by atoms with van der Waals surface area (Å²) in [7, 11) is -3.67. The van der Waals surface area contributed by atoms with Gasteiger partial charge in [0.2, 0.25) is 15.9 Å². The zero-order valence-electron chi connectivity index (χ0n) is 16.5. The molecule has 0 radical (unpaired) electrons. The molecule has 1 saturated carbocycles. The van der Waals surface area contributed by atoms with Gasteiger partial charge in [0.15, 0.2) is 5.82 Å². The van der Waals surface area contributed by atoms with E-state index in [1.165, 1.54) is 31.5 Å². The van der Waals surface area contributed by atoms with Crippen LogP contribution in [0.25, 0.3) is 22.2 Å². The summed E-state index contributed by atoms with van der Waals surface area (Å²) >= 11 is 0. The zero-order valence-corrected chi connectivity index (χ0v) is 17.3. The molecule has 30 heavy (non-hydrogen) atoms. The van der Waals surface area contributed by atoms with E-state index in [0.717, 1.165) is 3.97 Å². The molecule has 8 nitrogen and oxygen atoms in total. The normalized spacial score (nSPS) is 14.8. The van der Waals surface area contributed by atoms with Gasteiger partial charge >= 0.3 is 5.92 Å². The Kier molecular flexibility index (Phi) is 4.60. The summed E-state index contributed by atoms with van der Waals surface area (Å²) in [6, 6.07) is 3.02. The molecule has 0 aliphatic heterocycles. The van der Waals surface area contributed by atoms with Gasteiger partial charge in [0.25, 0.3) is 0 Å². The van der Waals surface area contributed by atoms with Crippen molar-refractivity contribution in [2.75, 3.05) is 5.32 Å². The fourth-order valence-electron chi connectivity index (χ4n) is 3.19. The van der Waals surface area contributed by atoms with E-state index in [1.807, 2.05) is 0 Å². The van der Waals surface area contributed by atoms with Crippen molar-refractivity contribution in [2.24, 2.45) is 0 Å². The Morgan fingerprint density at radius 1 is 1.27 bits per heavy atom. The van der Waals surface area contributed by atoms with Crippen LogP contribution < -0.4 is 5.32 Å². The highest BCUT2D eigenvalue weighted by Gasteiger charge is 2.38. The van der Waals surface area contributed by atoms with E-state index in [1.54, 1.807) is 6.92 Å². The number of carbonyl (C=O) groups excluding carboxylic acids is 1. The van der Waals surface area contributed by atoms with Crippen LogP contribution in [-0.2, 0) is 20.7 Å². The summed E-state index contributed by atoms with van der Waals surface area (Å²) in [6.07, 6.45) is 3.84. The summed E-state index contributed by atoms with van der Waals surface area (Å²) in [5, 5.41) is 2.47. The molecule has 0 bridgehead atoms. The number of halogens is 2. The van der Waals surface area contributed by atoms with Gasteiger partial charge in [0.1, 0.15) is 5.82 Å². The molecule has 4 rings (SSSR count). The van der Waals surface area contributed by atoms with E-state index in [-0.39, 0.29) is 22.9 Å². The van der Waals surface area contributed by atoms with Crippen LogP contribution in [0.4, 0.5) is 14.6 Å². The number of aromatic nitrogens is 4. The monoisotopic (exact) mass is 435 g/mol. The van der Waals surface area contributed by atoms with Crippen molar-refractivity contribution in [2.45, 2.75) is 44.8 Å². The molecule has 1 N–H and O–H groups in total. The lowest BCUT2D eigenvalue weighted by molar-refractivity contribution is -0.114. The van der Waals surface area contributed by atoms with Crippen LogP contribution in [0.2, 0.25) is 0 Å². The van der Waals surface area contributed by atoms with Crippen LogP contribution >= 0.6 is 0 Å². The highest BCUT2D eigenvalue weighted by atomic mass is 32.2. The van der Waals surface area contributed by atoms with E-state index in [9.17, 15) is 22.0 Å². The van der Waals surface area contributed by atoms with Gasteiger partial charge in [-0.05, 0) is 31.9 Å². The summed E-state index contributed by atoms with van der Waals surface area (Å²) in [4.78, 5) is 23.3. The minimum atomic E-state index is -3.67. The Labute approximate surface area is 171 Å². The summed E-state index contributed by atoms with van der Waals surface area (Å²) in [5.74, 6) is -4.05. The summed E-state index contributed by atoms with van der Waals surface area (Å²) in [5.41, 5.74) is 1.10. The standard InChI is InChI=1S/C19H19F2N5O3S/c1-10-6-15(25-18(23-10)19(3,20)21)14-9-26(30(28,29)12-4-5-12)16-8-22-17(7-13(14)16)24-11(2)27/h6-9,12H,4-5H2,1-3H3,(H,22,24,27). The predicted molar refractivity (Wildman–Crippen MR) is 107 cm³/mol. The number of anilines is 1. The molecule has 11 heteroatoms. The third-order valence-corrected chi connectivity index (χ3v) is 6.87. The summed E-state index contributed by atoms with van der Waals surface area (Å²) in [6.45, 7) is 3.58. The fraction of sp³-hybridized carbons (Fsp3) is 0.368. The Bertz CT molecular complexity index is 1280. The van der Waals surface area contributed by atoms with Crippen molar-refractivity contribution >= 4 is 32.7 Å². The highest BCUT2D eigenvalue weighted by Crippen LogP contribution is 2.37. The largest absolute Gasteiger partial charge is 0.311 e. The average molecular weight is 435 g/mol. The number of fused-ring (bicyclic) bond motifs is 1. The lowest BCUT2D eigenvalue weighted by atomic mass is 10.1. The smallest absolute Gasteiger partial charge is 0.303 e. The molecule has 1 amide bonds. The molecule has 0 aromatic carbocycles. The number of nitrogens with zero attached hydrogens (tertiary/aromatic N) is 4. The highest BCUT2D eigenvalue weighted by molar-refractivity contribution is 7.91. The molecule has 1 fully saturated rings. The third-order valence-electron chi connectivity index (χ3n) is 4.70. The second-order valence-electron chi connectivity index (χ2n) is 7.46. The van der Waals surface area contributed by atoms with Crippen molar-refractivity contribution in [3.05, 3.63) is 36.0 Å². The third kappa shape index (κ3) is 3.64. The molecule has 1 aliphatic carbocycles. The van der Waals surface area contributed by atoms with Crippen molar-refractivity contribution in [1.29, 1.82) is 0 Å². The Hall–Kier alpha value is -2.95. The number of nitrogens with one attached hydrogen (secondary N) is 1. The number of aryl methyl sites for hydroxylation is 1. The van der Waals surface area contributed by atoms with Crippen molar-refractivity contribution in [3.63, 3.8) is 0 Å². The van der Waals surface area contributed by atoms with Crippen LogP contribution in [0.1, 0.15) is 38.2 Å². The van der Waals surface area contributed by atoms with Crippen molar-refractivity contribution < 1.29 is 22.0 Å². The summed E-state index contributed by atoms with van der Waals surface area (Å²) < 4.78 is 54.7. The van der Waals surface area contributed by atoms with Gasteiger partial charge in [0, 0.05) is 36.7 Å². The molecular formula is C19H19F2N5O3S. The van der Waals surface area contributed by atoms with Crippen molar-refractivity contribution in [1.82, 2.24) is 18.9 Å². The van der Waals surface area contributed by atoms with Gasteiger partial charge in [-0.15, -0.1) is 0 Å². The SMILES string of the molecule is CC(=O)Nc1cc2c(-c3cc(C)nc(C(C)(F)F)n3)cn(S(=O)(=O)C3CC3)c2cn1. The molecule has 0 spiro atoms. The Balaban J connectivity index is 1.99. The van der Waals surface area contributed by atoms with Gasteiger partial charge in [-0.25, -0.2) is 27.3 Å². The molecule has 0 saturated heterocycles. The van der Waals surface area contributed by atoms with Crippen molar-refractivity contribution in [3.8, 4) is 11.3 Å². The first-order chi connectivity index (χ1) is 14.0. The lowest BCUT2D eigenvalue weighted by Gasteiger charge is -2.11. The van der Waals surface area contributed by atoms with E-state index >= 15 is 0 Å². The number of amides is 1. The minimum absolute atomic E-state index is 0.161. The first-order valence-electron chi connectivity index (χ1n) is 9.24. The average Bonchev–Trinajstić information content (AvgIpc) is 3.41. The van der Waals surface area contributed by atoms with Gasteiger partial charge in [-0.3, -0.25) is 4.79 Å². The predicted octanol–water partition coefficient (Wildman–Crippen LogP) is 3.21. The Morgan fingerprint density at radius 2 is 1.97 bits per heavy atom. The van der Waals surface area contributed by atoms with Gasteiger partial charge in [-0.1, -0.05) is 0 Å². The molecule has 3 aromatic rings. The zero-order chi connectivity index (χ0) is 21.8. The number of rotatable bonds is 5. The lowest BCUT2D eigenvalue weighted by Crippen LogP contribution is -2.16. The van der Waals surface area contributed by atoms with Crippen LogP contribution in [0.15, 0.2) is 24.5 Å². The molecule has 3 heterocycles. The second-order valence-corrected chi connectivity index (χ2v) is 9.55. The Morgan fingerprint density at radius 3 is 2.57 bits per heavy atom. The fourth-order valence-corrected chi connectivity index (χ4v) is 4.91. The molecular weight excluding hydrogens is 416 g/mol. The van der Waals surface area contributed by atoms with Gasteiger partial charge in [0.05, 0.1) is 22.7 Å². The second kappa shape index (κ2) is 6.79. The van der Waals surface area contributed by atoms with E-state index < -0.39 is 27.0 Å². The van der Waals surface area contributed by atoms with E-state index in [0.29, 0.717) is 36.4 Å². The number of alkyl halides is 2. The number of hydrogen-bond donors (Lipinski definition) is 1. The number of hydrogen-bond acceptors (Lipinski definition) is 6. The van der Waals surface area contributed by atoms with Gasteiger partial charge < -0.3 is 5.32 Å². The molecule has 158 valence electrons. The molecule has 3 aromatic heterocycles. The molecule has 0 atom stereocenters. The van der Waals surface area contributed by atoms with Crippen LogP contribution in [0.3, 0.4) is 0 Å². The van der Waals surface area contributed by atoms with E-state index in [2.05, 4.69) is 20.3 Å². The topological polar surface area (TPSA) is 107 Å². The molecule has 0 unspecified atom stereocenters. The minimum Gasteiger partial charge on any atom is -0.311 e. The maximum Gasteiger partial charge on any atom is 0.303 e.